The molecular weight excluding hydrogens is 160 g/mol. The SMILES string of the molecule is ClC/C=C/Oc1ccccc1. The molecule has 0 heterocycles. The molecule has 58 valence electrons. The molecule has 0 atom stereocenters. The summed E-state index contributed by atoms with van der Waals surface area (Å²) in [5.74, 6) is 1.31. The third-order valence-electron chi connectivity index (χ3n) is 1.13. The van der Waals surface area contributed by atoms with Crippen LogP contribution in [-0.2, 0) is 0 Å². The van der Waals surface area contributed by atoms with Gasteiger partial charge >= 0.3 is 0 Å². The van der Waals surface area contributed by atoms with Gasteiger partial charge in [0.15, 0.2) is 0 Å². The van der Waals surface area contributed by atoms with Gasteiger partial charge in [-0.3, -0.25) is 0 Å². The maximum atomic E-state index is 5.40. The fourth-order valence-corrected chi connectivity index (χ4v) is 0.735. The van der Waals surface area contributed by atoms with Crippen LogP contribution in [0.1, 0.15) is 0 Å². The Kier molecular flexibility index (Phi) is 3.56. The number of hydrogen-bond donors (Lipinski definition) is 0. The lowest BCUT2D eigenvalue weighted by atomic mass is 10.3. The molecule has 0 saturated heterocycles. The zero-order chi connectivity index (χ0) is 7.94. The monoisotopic (exact) mass is 168 g/mol. The van der Waals surface area contributed by atoms with Crippen LogP contribution in [0, 0.1) is 0 Å². The number of alkyl halides is 1. The summed E-state index contributed by atoms with van der Waals surface area (Å²) in [5, 5.41) is 0. The van der Waals surface area contributed by atoms with E-state index in [0.717, 1.165) is 5.75 Å². The molecular formula is C9H9ClO. The minimum absolute atomic E-state index is 0.479. The van der Waals surface area contributed by atoms with Gasteiger partial charge in [-0.1, -0.05) is 18.2 Å². The number of halogens is 1. The summed E-state index contributed by atoms with van der Waals surface area (Å²) in [6.45, 7) is 0. The van der Waals surface area contributed by atoms with Crippen LogP contribution >= 0.6 is 11.6 Å². The molecule has 2 heteroatoms. The van der Waals surface area contributed by atoms with E-state index in [1.807, 2.05) is 30.3 Å². The molecule has 0 aliphatic heterocycles. The van der Waals surface area contributed by atoms with Crippen molar-refractivity contribution in [2.75, 3.05) is 5.88 Å². The second-order valence-corrected chi connectivity index (χ2v) is 2.27. The van der Waals surface area contributed by atoms with E-state index in [-0.39, 0.29) is 0 Å². The van der Waals surface area contributed by atoms with E-state index in [0.29, 0.717) is 5.88 Å². The second-order valence-electron chi connectivity index (χ2n) is 1.96. The van der Waals surface area contributed by atoms with Crippen molar-refractivity contribution in [3.05, 3.63) is 42.7 Å². The van der Waals surface area contributed by atoms with E-state index in [1.165, 1.54) is 0 Å². The number of rotatable bonds is 3. The molecule has 1 aromatic carbocycles. The topological polar surface area (TPSA) is 9.23 Å². The Morgan fingerprint density at radius 3 is 2.64 bits per heavy atom. The molecule has 0 bridgehead atoms. The fourth-order valence-electron chi connectivity index (χ4n) is 0.662. The number of allylic oxidation sites excluding steroid dienone is 1. The van der Waals surface area contributed by atoms with Gasteiger partial charge in [0.1, 0.15) is 5.75 Å². The number of hydrogen-bond acceptors (Lipinski definition) is 1. The molecule has 0 N–H and O–H groups in total. The van der Waals surface area contributed by atoms with Crippen LogP contribution in [0.2, 0.25) is 0 Å². The third-order valence-corrected chi connectivity index (χ3v) is 1.31. The van der Waals surface area contributed by atoms with Crippen LogP contribution in [0.25, 0.3) is 0 Å². The zero-order valence-corrected chi connectivity index (χ0v) is 6.79. The first-order chi connectivity index (χ1) is 5.43. The van der Waals surface area contributed by atoms with Crippen molar-refractivity contribution in [3.63, 3.8) is 0 Å². The first-order valence-electron chi connectivity index (χ1n) is 3.36. The highest BCUT2D eigenvalue weighted by molar-refractivity contribution is 6.18. The molecule has 0 aliphatic carbocycles. The summed E-state index contributed by atoms with van der Waals surface area (Å²) >= 11 is 5.40. The standard InChI is InChI=1S/C9H9ClO/c10-7-4-8-11-9-5-2-1-3-6-9/h1-6,8H,7H2/b8-4+. The van der Waals surface area contributed by atoms with Gasteiger partial charge in [0.05, 0.1) is 6.26 Å². The van der Waals surface area contributed by atoms with Crippen LogP contribution in [0.3, 0.4) is 0 Å². The molecule has 1 rings (SSSR count). The lowest BCUT2D eigenvalue weighted by Crippen LogP contribution is -1.80. The average Bonchev–Trinajstić information content (AvgIpc) is 2.07. The Balaban J connectivity index is 2.45. The number of ether oxygens (including phenoxy) is 1. The Bertz CT molecular complexity index is 218. The van der Waals surface area contributed by atoms with Crippen molar-refractivity contribution in [1.82, 2.24) is 0 Å². The van der Waals surface area contributed by atoms with Crippen LogP contribution in [0.5, 0.6) is 5.75 Å². The Hall–Kier alpha value is -0.950. The number of para-hydroxylation sites is 1. The minimum Gasteiger partial charge on any atom is -0.465 e. The van der Waals surface area contributed by atoms with Crippen molar-refractivity contribution < 1.29 is 4.74 Å². The van der Waals surface area contributed by atoms with Gasteiger partial charge in [0.2, 0.25) is 0 Å². The highest BCUT2D eigenvalue weighted by atomic mass is 35.5. The summed E-state index contributed by atoms with van der Waals surface area (Å²) in [7, 11) is 0. The molecule has 0 aliphatic rings. The van der Waals surface area contributed by atoms with Crippen LogP contribution in [0.4, 0.5) is 0 Å². The van der Waals surface area contributed by atoms with E-state index >= 15 is 0 Å². The predicted molar refractivity (Wildman–Crippen MR) is 46.9 cm³/mol. The normalized spacial score (nSPS) is 10.3. The molecule has 0 saturated carbocycles. The molecule has 0 amide bonds. The molecule has 0 unspecified atom stereocenters. The zero-order valence-electron chi connectivity index (χ0n) is 6.03. The largest absolute Gasteiger partial charge is 0.465 e. The maximum absolute atomic E-state index is 5.40. The van der Waals surface area contributed by atoms with Gasteiger partial charge in [0, 0.05) is 5.88 Å². The average molecular weight is 169 g/mol. The second kappa shape index (κ2) is 4.80. The lowest BCUT2D eigenvalue weighted by molar-refractivity contribution is 0.480. The summed E-state index contributed by atoms with van der Waals surface area (Å²) in [5.41, 5.74) is 0. The molecule has 1 aromatic rings. The van der Waals surface area contributed by atoms with E-state index in [4.69, 9.17) is 16.3 Å². The lowest BCUT2D eigenvalue weighted by Gasteiger charge is -1.96. The Morgan fingerprint density at radius 1 is 1.27 bits per heavy atom. The van der Waals surface area contributed by atoms with Gasteiger partial charge in [-0.25, -0.2) is 0 Å². The quantitative estimate of drug-likeness (QED) is 0.498. The van der Waals surface area contributed by atoms with Crippen LogP contribution < -0.4 is 4.74 Å². The first kappa shape index (κ1) is 8.15. The maximum Gasteiger partial charge on any atom is 0.126 e. The molecule has 0 fully saturated rings. The Morgan fingerprint density at radius 2 is 2.00 bits per heavy atom. The highest BCUT2D eigenvalue weighted by Crippen LogP contribution is 2.07. The minimum atomic E-state index is 0.479. The summed E-state index contributed by atoms with van der Waals surface area (Å²) in [6, 6.07) is 9.56. The van der Waals surface area contributed by atoms with Gasteiger partial charge in [-0.05, 0) is 18.2 Å². The van der Waals surface area contributed by atoms with Crippen molar-refractivity contribution in [3.8, 4) is 5.75 Å². The van der Waals surface area contributed by atoms with Gasteiger partial charge in [0.25, 0.3) is 0 Å². The first-order valence-corrected chi connectivity index (χ1v) is 3.89. The van der Waals surface area contributed by atoms with Crippen molar-refractivity contribution >= 4 is 11.6 Å². The number of benzene rings is 1. The van der Waals surface area contributed by atoms with E-state index < -0.39 is 0 Å². The van der Waals surface area contributed by atoms with Gasteiger partial charge in [-0.15, -0.1) is 11.6 Å². The van der Waals surface area contributed by atoms with Crippen molar-refractivity contribution in [1.29, 1.82) is 0 Å². The van der Waals surface area contributed by atoms with E-state index in [1.54, 1.807) is 12.3 Å². The summed E-state index contributed by atoms with van der Waals surface area (Å²) < 4.78 is 5.18. The summed E-state index contributed by atoms with van der Waals surface area (Å²) in [6.07, 6.45) is 3.33. The third kappa shape index (κ3) is 3.10. The molecule has 11 heavy (non-hydrogen) atoms. The smallest absolute Gasteiger partial charge is 0.126 e. The molecule has 0 spiro atoms. The summed E-state index contributed by atoms with van der Waals surface area (Å²) in [4.78, 5) is 0. The van der Waals surface area contributed by atoms with E-state index in [2.05, 4.69) is 0 Å². The van der Waals surface area contributed by atoms with Gasteiger partial charge < -0.3 is 4.74 Å². The molecule has 0 radical (unpaired) electrons. The van der Waals surface area contributed by atoms with Crippen molar-refractivity contribution in [2.24, 2.45) is 0 Å². The van der Waals surface area contributed by atoms with E-state index in [9.17, 15) is 0 Å². The van der Waals surface area contributed by atoms with Gasteiger partial charge in [-0.2, -0.15) is 0 Å². The highest BCUT2D eigenvalue weighted by Gasteiger charge is 1.83. The fraction of sp³-hybridized carbons (Fsp3) is 0.111. The molecule has 0 aromatic heterocycles. The Labute approximate surface area is 71.3 Å². The predicted octanol–water partition coefficient (Wildman–Crippen LogP) is 2.82. The van der Waals surface area contributed by atoms with Crippen LogP contribution in [0.15, 0.2) is 42.7 Å². The molecule has 1 nitrogen and oxygen atoms in total. The van der Waals surface area contributed by atoms with Crippen molar-refractivity contribution in [2.45, 2.75) is 0 Å². The van der Waals surface area contributed by atoms with Crippen LogP contribution in [-0.4, -0.2) is 5.88 Å².